The van der Waals surface area contributed by atoms with Gasteiger partial charge in [-0.15, -0.1) is 0 Å². The summed E-state index contributed by atoms with van der Waals surface area (Å²) in [5.41, 5.74) is -0.406. The van der Waals surface area contributed by atoms with Crippen molar-refractivity contribution < 1.29 is 0 Å². The standard InChI is InChI=1S/C10H17N5S/c1-3-13-10(2,7-11)5-4-6-16-9-12-8-14-15-9/h8,13H,3-6H2,1-2H3,(H,12,14,15). The first-order valence-electron chi connectivity index (χ1n) is 5.34. The molecule has 0 saturated heterocycles. The predicted octanol–water partition coefficient (Wildman–Crippen LogP) is 1.57. The zero-order valence-corrected chi connectivity index (χ0v) is 10.5. The molecule has 0 fully saturated rings. The van der Waals surface area contributed by atoms with E-state index >= 15 is 0 Å². The molecule has 5 nitrogen and oxygen atoms in total. The molecule has 1 rings (SSSR count). The average molecular weight is 239 g/mol. The van der Waals surface area contributed by atoms with Gasteiger partial charge in [-0.2, -0.15) is 10.4 Å². The first kappa shape index (κ1) is 13.0. The van der Waals surface area contributed by atoms with Crippen molar-refractivity contribution in [3.63, 3.8) is 0 Å². The lowest BCUT2D eigenvalue weighted by atomic mass is 9.98. The van der Waals surface area contributed by atoms with Crippen LogP contribution in [0.3, 0.4) is 0 Å². The lowest BCUT2D eigenvalue weighted by Crippen LogP contribution is -2.40. The predicted molar refractivity (Wildman–Crippen MR) is 64.0 cm³/mol. The van der Waals surface area contributed by atoms with Gasteiger partial charge in [-0.1, -0.05) is 18.7 Å². The first-order chi connectivity index (χ1) is 7.70. The summed E-state index contributed by atoms with van der Waals surface area (Å²) in [7, 11) is 0. The normalized spacial score (nSPS) is 14.3. The maximum absolute atomic E-state index is 9.05. The fourth-order valence-electron chi connectivity index (χ4n) is 1.43. The number of H-pyrrole nitrogens is 1. The van der Waals surface area contributed by atoms with Crippen LogP contribution in [-0.2, 0) is 0 Å². The SMILES string of the molecule is CCNC(C)(C#N)CCCSc1ncn[nH]1. The summed E-state index contributed by atoms with van der Waals surface area (Å²) in [6.45, 7) is 4.77. The van der Waals surface area contributed by atoms with Crippen molar-refractivity contribution in [1.82, 2.24) is 20.5 Å². The van der Waals surface area contributed by atoms with E-state index in [1.165, 1.54) is 6.33 Å². The fraction of sp³-hybridized carbons (Fsp3) is 0.700. The molecule has 6 heteroatoms. The highest BCUT2D eigenvalue weighted by Crippen LogP contribution is 2.17. The van der Waals surface area contributed by atoms with Crippen LogP contribution in [0.5, 0.6) is 0 Å². The molecular weight excluding hydrogens is 222 g/mol. The monoisotopic (exact) mass is 239 g/mol. The van der Waals surface area contributed by atoms with Crippen molar-refractivity contribution in [2.75, 3.05) is 12.3 Å². The van der Waals surface area contributed by atoms with Gasteiger partial charge < -0.3 is 0 Å². The Kier molecular flexibility index (Phi) is 5.29. The number of nitrogens with zero attached hydrogens (tertiary/aromatic N) is 3. The molecule has 0 saturated carbocycles. The van der Waals surface area contributed by atoms with E-state index in [1.54, 1.807) is 11.8 Å². The summed E-state index contributed by atoms with van der Waals surface area (Å²) in [5.74, 6) is 0.942. The summed E-state index contributed by atoms with van der Waals surface area (Å²) in [5, 5.41) is 19.7. The highest BCUT2D eigenvalue weighted by Gasteiger charge is 2.21. The molecule has 0 aromatic carbocycles. The van der Waals surface area contributed by atoms with Crippen molar-refractivity contribution in [3.05, 3.63) is 6.33 Å². The van der Waals surface area contributed by atoms with Crippen LogP contribution in [0, 0.1) is 11.3 Å². The van der Waals surface area contributed by atoms with Crippen molar-refractivity contribution >= 4 is 11.8 Å². The minimum Gasteiger partial charge on any atom is -0.300 e. The van der Waals surface area contributed by atoms with Gasteiger partial charge in [0.05, 0.1) is 6.07 Å². The van der Waals surface area contributed by atoms with Gasteiger partial charge in [-0.05, 0) is 26.3 Å². The molecule has 0 aliphatic heterocycles. The molecule has 1 atom stereocenters. The number of thioether (sulfide) groups is 1. The van der Waals surface area contributed by atoms with Crippen molar-refractivity contribution in [1.29, 1.82) is 5.26 Å². The van der Waals surface area contributed by atoms with Gasteiger partial charge in [0.25, 0.3) is 0 Å². The van der Waals surface area contributed by atoms with E-state index in [4.69, 9.17) is 5.26 Å². The molecule has 0 amide bonds. The van der Waals surface area contributed by atoms with Gasteiger partial charge in [0.1, 0.15) is 11.9 Å². The Hall–Kier alpha value is -1.06. The zero-order valence-electron chi connectivity index (χ0n) is 9.66. The molecule has 0 spiro atoms. The van der Waals surface area contributed by atoms with Crippen molar-refractivity contribution in [2.24, 2.45) is 0 Å². The Labute approximate surface area is 100 Å². The lowest BCUT2D eigenvalue weighted by Gasteiger charge is -2.21. The van der Waals surface area contributed by atoms with E-state index < -0.39 is 5.54 Å². The molecular formula is C10H17N5S. The molecule has 2 N–H and O–H groups in total. The molecule has 1 heterocycles. The zero-order chi connectivity index (χ0) is 11.9. The molecule has 16 heavy (non-hydrogen) atoms. The van der Waals surface area contributed by atoms with Crippen LogP contribution >= 0.6 is 11.8 Å². The number of nitrogens with one attached hydrogen (secondary N) is 2. The van der Waals surface area contributed by atoms with E-state index in [-0.39, 0.29) is 0 Å². The van der Waals surface area contributed by atoms with Crippen LogP contribution in [0.2, 0.25) is 0 Å². The van der Waals surface area contributed by atoms with Crippen LogP contribution < -0.4 is 5.32 Å². The third kappa shape index (κ3) is 4.21. The number of hydrogen-bond donors (Lipinski definition) is 2. The van der Waals surface area contributed by atoms with E-state index in [2.05, 4.69) is 26.6 Å². The number of hydrogen-bond acceptors (Lipinski definition) is 5. The molecule has 0 radical (unpaired) electrons. The highest BCUT2D eigenvalue weighted by molar-refractivity contribution is 7.99. The quantitative estimate of drug-likeness (QED) is 0.558. The minimum absolute atomic E-state index is 0.406. The second kappa shape index (κ2) is 6.51. The molecule has 0 aliphatic rings. The minimum atomic E-state index is -0.406. The largest absolute Gasteiger partial charge is 0.300 e. The summed E-state index contributed by atoms with van der Waals surface area (Å²) in [6.07, 6.45) is 3.32. The van der Waals surface area contributed by atoms with Crippen LogP contribution in [0.25, 0.3) is 0 Å². The third-order valence-electron chi connectivity index (χ3n) is 2.27. The van der Waals surface area contributed by atoms with Crippen LogP contribution in [0.15, 0.2) is 11.5 Å². The average Bonchev–Trinajstić information content (AvgIpc) is 2.78. The third-order valence-corrected chi connectivity index (χ3v) is 3.23. The maximum atomic E-state index is 9.05. The Morgan fingerprint density at radius 2 is 2.50 bits per heavy atom. The summed E-state index contributed by atoms with van der Waals surface area (Å²) in [6, 6.07) is 2.32. The Morgan fingerprint density at radius 1 is 1.69 bits per heavy atom. The van der Waals surface area contributed by atoms with Crippen molar-refractivity contribution in [3.8, 4) is 6.07 Å². The smallest absolute Gasteiger partial charge is 0.183 e. The molecule has 88 valence electrons. The first-order valence-corrected chi connectivity index (χ1v) is 6.33. The number of nitriles is 1. The lowest BCUT2D eigenvalue weighted by molar-refractivity contribution is 0.426. The second-order valence-corrected chi connectivity index (χ2v) is 4.80. The fourth-order valence-corrected chi connectivity index (χ4v) is 2.15. The Balaban J connectivity index is 2.21. The number of aromatic amines is 1. The molecule has 1 aromatic heterocycles. The van der Waals surface area contributed by atoms with E-state index in [0.29, 0.717) is 0 Å². The van der Waals surface area contributed by atoms with E-state index in [9.17, 15) is 0 Å². The van der Waals surface area contributed by atoms with Gasteiger partial charge in [0, 0.05) is 5.75 Å². The van der Waals surface area contributed by atoms with E-state index in [1.807, 2.05) is 13.8 Å². The molecule has 0 aliphatic carbocycles. The summed E-state index contributed by atoms with van der Waals surface area (Å²) >= 11 is 1.63. The Bertz CT molecular complexity index is 331. The van der Waals surface area contributed by atoms with Gasteiger partial charge >= 0.3 is 0 Å². The van der Waals surface area contributed by atoms with Crippen molar-refractivity contribution in [2.45, 2.75) is 37.4 Å². The second-order valence-electron chi connectivity index (χ2n) is 3.72. The molecule has 1 aromatic rings. The Morgan fingerprint density at radius 3 is 3.06 bits per heavy atom. The van der Waals surface area contributed by atoms with Gasteiger partial charge in [-0.25, -0.2) is 4.98 Å². The van der Waals surface area contributed by atoms with Gasteiger partial charge in [0.15, 0.2) is 5.16 Å². The number of rotatable bonds is 7. The van der Waals surface area contributed by atoms with E-state index in [0.717, 1.165) is 30.3 Å². The van der Waals surface area contributed by atoms with Gasteiger partial charge in [-0.3, -0.25) is 10.4 Å². The number of aromatic nitrogens is 3. The highest BCUT2D eigenvalue weighted by atomic mass is 32.2. The molecule has 0 bridgehead atoms. The summed E-state index contributed by atoms with van der Waals surface area (Å²) < 4.78 is 0. The molecule has 1 unspecified atom stereocenters. The topological polar surface area (TPSA) is 77.4 Å². The summed E-state index contributed by atoms with van der Waals surface area (Å²) in [4.78, 5) is 4.02. The van der Waals surface area contributed by atoms with Crippen LogP contribution in [-0.4, -0.2) is 33.0 Å². The van der Waals surface area contributed by atoms with Gasteiger partial charge in [0.2, 0.25) is 0 Å². The maximum Gasteiger partial charge on any atom is 0.183 e. The van der Waals surface area contributed by atoms with Crippen LogP contribution in [0.1, 0.15) is 26.7 Å². The van der Waals surface area contributed by atoms with Crippen LogP contribution in [0.4, 0.5) is 0 Å².